The van der Waals surface area contributed by atoms with Crippen molar-refractivity contribution in [3.05, 3.63) is 23.6 Å². The van der Waals surface area contributed by atoms with Crippen LogP contribution < -0.4 is 5.73 Å². The van der Waals surface area contributed by atoms with Gasteiger partial charge in [0, 0.05) is 11.7 Å². The molecule has 2 nitrogen and oxygen atoms in total. The Morgan fingerprint density at radius 1 is 1.29 bits per heavy atom. The monoisotopic (exact) mass is 313 g/mol. The lowest BCUT2D eigenvalue weighted by molar-refractivity contribution is 0.206. The van der Waals surface area contributed by atoms with Gasteiger partial charge in [0.25, 0.3) is 0 Å². The van der Waals surface area contributed by atoms with Gasteiger partial charge in [-0.1, -0.05) is 25.3 Å². The van der Waals surface area contributed by atoms with Crippen molar-refractivity contribution in [1.29, 1.82) is 0 Å². The van der Waals surface area contributed by atoms with E-state index in [4.69, 9.17) is 5.73 Å². The van der Waals surface area contributed by atoms with Crippen molar-refractivity contribution < 1.29 is 9.50 Å². The summed E-state index contributed by atoms with van der Waals surface area (Å²) in [6.07, 6.45) is 11.6. The van der Waals surface area contributed by atoms with Crippen LogP contribution in [0.25, 0.3) is 0 Å². The minimum absolute atomic E-state index is 0.113. The van der Waals surface area contributed by atoms with Crippen LogP contribution in [0.1, 0.15) is 51.4 Å². The van der Waals surface area contributed by atoms with Crippen LogP contribution in [0.15, 0.2) is 23.6 Å². The number of aliphatic hydroxyl groups excluding tert-OH is 1. The van der Waals surface area contributed by atoms with Crippen molar-refractivity contribution in [1.82, 2.24) is 0 Å². The molecule has 0 heterocycles. The van der Waals surface area contributed by atoms with E-state index in [2.05, 4.69) is 6.08 Å². The number of allylic oxidation sites excluding steroid dienone is 1. The summed E-state index contributed by atoms with van der Waals surface area (Å²) >= 11 is 1.94. The molecule has 0 spiro atoms. The van der Waals surface area contributed by atoms with Gasteiger partial charge in [-0.25, -0.2) is 4.39 Å². The standard InChI is InChI=1S/C17H28FNOS/c18-15-6-7-16(11-14(10-15)17(20)8-9-19)21-12-13-4-2-1-3-5-13/h10-11,13,16-17,20H,1-9,12,19H2. The molecule has 21 heavy (non-hydrogen) atoms. The fourth-order valence-electron chi connectivity index (χ4n) is 3.16. The van der Waals surface area contributed by atoms with Crippen molar-refractivity contribution in [3.63, 3.8) is 0 Å². The summed E-state index contributed by atoms with van der Waals surface area (Å²) in [5.41, 5.74) is 6.21. The Balaban J connectivity index is 1.90. The van der Waals surface area contributed by atoms with Gasteiger partial charge in [0.15, 0.2) is 0 Å². The maximum absolute atomic E-state index is 13.7. The fraction of sp³-hybridized carbons (Fsp3) is 0.765. The summed E-state index contributed by atoms with van der Waals surface area (Å²) in [4.78, 5) is 0. The molecule has 2 aliphatic rings. The van der Waals surface area contributed by atoms with Crippen LogP contribution >= 0.6 is 11.8 Å². The second kappa shape index (κ2) is 8.96. The first-order valence-corrected chi connectivity index (χ1v) is 9.31. The van der Waals surface area contributed by atoms with Gasteiger partial charge < -0.3 is 10.8 Å². The summed E-state index contributed by atoms with van der Waals surface area (Å²) in [6, 6.07) is 0. The first kappa shape index (κ1) is 17.0. The lowest BCUT2D eigenvalue weighted by atomic mass is 9.91. The summed E-state index contributed by atoms with van der Waals surface area (Å²) in [5, 5.41) is 10.4. The lowest BCUT2D eigenvalue weighted by Gasteiger charge is -2.23. The van der Waals surface area contributed by atoms with E-state index >= 15 is 0 Å². The Morgan fingerprint density at radius 3 is 2.76 bits per heavy atom. The molecule has 120 valence electrons. The van der Waals surface area contributed by atoms with E-state index in [-0.39, 0.29) is 5.83 Å². The zero-order chi connectivity index (χ0) is 15.1. The van der Waals surface area contributed by atoms with Crippen LogP contribution in [0.5, 0.6) is 0 Å². The Morgan fingerprint density at radius 2 is 2.05 bits per heavy atom. The van der Waals surface area contributed by atoms with E-state index in [0.717, 1.165) is 17.9 Å². The van der Waals surface area contributed by atoms with Gasteiger partial charge in [0.1, 0.15) is 5.83 Å². The van der Waals surface area contributed by atoms with E-state index in [9.17, 15) is 9.50 Å². The summed E-state index contributed by atoms with van der Waals surface area (Å²) in [5.74, 6) is 1.89. The number of rotatable bonds is 6. The van der Waals surface area contributed by atoms with Crippen LogP contribution in [0.3, 0.4) is 0 Å². The Labute approximate surface area is 132 Å². The number of aliphatic hydroxyl groups is 1. The topological polar surface area (TPSA) is 46.2 Å². The van der Waals surface area contributed by atoms with E-state index in [0.29, 0.717) is 24.6 Å². The average molecular weight is 313 g/mol. The maximum atomic E-state index is 13.7. The molecule has 0 aliphatic heterocycles. The summed E-state index contributed by atoms with van der Waals surface area (Å²) in [6.45, 7) is 0.424. The lowest BCUT2D eigenvalue weighted by Crippen LogP contribution is -2.16. The second-order valence-electron chi connectivity index (χ2n) is 6.27. The minimum atomic E-state index is -0.628. The van der Waals surface area contributed by atoms with Gasteiger partial charge in [0.05, 0.1) is 6.10 Å². The molecular weight excluding hydrogens is 285 g/mol. The van der Waals surface area contributed by atoms with Gasteiger partial charge in [0.2, 0.25) is 0 Å². The number of nitrogens with two attached hydrogens (primary N) is 1. The highest BCUT2D eigenvalue weighted by Gasteiger charge is 2.20. The molecule has 3 N–H and O–H groups in total. The van der Waals surface area contributed by atoms with Crippen molar-refractivity contribution in [3.8, 4) is 0 Å². The first-order chi connectivity index (χ1) is 10.2. The van der Waals surface area contributed by atoms with Gasteiger partial charge >= 0.3 is 0 Å². The van der Waals surface area contributed by atoms with Crippen molar-refractivity contribution in [2.75, 3.05) is 12.3 Å². The molecule has 0 aromatic heterocycles. The average Bonchev–Trinajstić information content (AvgIpc) is 2.68. The number of hydrogen-bond donors (Lipinski definition) is 2. The van der Waals surface area contributed by atoms with Gasteiger partial charge in [-0.3, -0.25) is 0 Å². The smallest absolute Gasteiger partial charge is 0.100 e. The summed E-state index contributed by atoms with van der Waals surface area (Å²) in [7, 11) is 0. The maximum Gasteiger partial charge on any atom is 0.100 e. The minimum Gasteiger partial charge on any atom is -0.388 e. The number of thioether (sulfide) groups is 1. The predicted octanol–water partition coefficient (Wildman–Crippen LogP) is 3.95. The number of hydrogen-bond acceptors (Lipinski definition) is 3. The van der Waals surface area contributed by atoms with Gasteiger partial charge in [-0.2, -0.15) is 11.8 Å². The van der Waals surface area contributed by atoms with Crippen LogP contribution in [-0.4, -0.2) is 28.8 Å². The molecule has 0 amide bonds. The third kappa shape index (κ3) is 5.76. The van der Waals surface area contributed by atoms with Crippen molar-refractivity contribution >= 4 is 11.8 Å². The molecule has 0 radical (unpaired) electrons. The first-order valence-electron chi connectivity index (χ1n) is 8.26. The normalized spacial score (nSPS) is 26.0. The highest BCUT2D eigenvalue weighted by Crippen LogP contribution is 2.33. The second-order valence-corrected chi connectivity index (χ2v) is 7.54. The molecule has 2 atom stereocenters. The Bertz CT molecular complexity index is 377. The van der Waals surface area contributed by atoms with Gasteiger partial charge in [-0.05, 0) is 55.5 Å². The molecule has 4 heteroatoms. The third-order valence-corrected chi connectivity index (χ3v) is 5.93. The predicted molar refractivity (Wildman–Crippen MR) is 89.0 cm³/mol. The van der Waals surface area contributed by atoms with Crippen molar-refractivity contribution in [2.45, 2.75) is 62.7 Å². The van der Waals surface area contributed by atoms with Crippen LogP contribution in [-0.2, 0) is 0 Å². The van der Waals surface area contributed by atoms with Crippen LogP contribution in [0, 0.1) is 5.92 Å². The molecule has 0 saturated heterocycles. The Hall–Kier alpha value is -0.320. The molecular formula is C17H28FNOS. The molecule has 0 aromatic carbocycles. The molecule has 1 saturated carbocycles. The highest BCUT2D eigenvalue weighted by molar-refractivity contribution is 8.00. The molecule has 2 unspecified atom stereocenters. The zero-order valence-electron chi connectivity index (χ0n) is 12.8. The van der Waals surface area contributed by atoms with Crippen molar-refractivity contribution in [2.24, 2.45) is 11.7 Å². The van der Waals surface area contributed by atoms with E-state index in [1.165, 1.54) is 43.9 Å². The van der Waals surface area contributed by atoms with Gasteiger partial charge in [-0.15, -0.1) is 0 Å². The SMILES string of the molecule is NCCC(O)C1=CC(SCC2CCCCC2)CCC(F)=C1. The van der Waals surface area contributed by atoms with Crippen LogP contribution in [0.4, 0.5) is 4.39 Å². The van der Waals surface area contributed by atoms with E-state index in [1.54, 1.807) is 0 Å². The largest absolute Gasteiger partial charge is 0.388 e. The molecule has 2 aliphatic carbocycles. The molecule has 0 bridgehead atoms. The van der Waals surface area contributed by atoms with E-state index in [1.807, 2.05) is 11.8 Å². The van der Waals surface area contributed by atoms with Crippen LogP contribution in [0.2, 0.25) is 0 Å². The number of halogens is 1. The zero-order valence-corrected chi connectivity index (χ0v) is 13.6. The third-order valence-electron chi connectivity index (χ3n) is 4.46. The fourth-order valence-corrected chi connectivity index (χ4v) is 4.55. The highest BCUT2D eigenvalue weighted by atomic mass is 32.2. The van der Waals surface area contributed by atoms with E-state index < -0.39 is 6.10 Å². The molecule has 1 fully saturated rings. The summed E-state index contributed by atoms with van der Waals surface area (Å²) < 4.78 is 13.7. The molecule has 0 aromatic rings. The Kier molecular flexibility index (Phi) is 7.27. The molecule has 2 rings (SSSR count). The quantitative estimate of drug-likeness (QED) is 0.780.